The molecule has 2 N–H and O–H groups in total. The maximum absolute atomic E-state index is 14.2. The molecule has 2 saturated heterocycles. The fourth-order valence-corrected chi connectivity index (χ4v) is 6.57. The van der Waals surface area contributed by atoms with Crippen molar-refractivity contribution in [1.29, 1.82) is 0 Å². The smallest absolute Gasteiger partial charge is 0.257 e. The van der Waals surface area contributed by atoms with Crippen molar-refractivity contribution in [2.75, 3.05) is 44.2 Å². The summed E-state index contributed by atoms with van der Waals surface area (Å²) >= 11 is 0. The van der Waals surface area contributed by atoms with Gasteiger partial charge in [-0.1, -0.05) is 0 Å². The Bertz CT molecular complexity index is 1140. The zero-order chi connectivity index (χ0) is 27.6. The average Bonchev–Trinajstić information content (AvgIpc) is 2.91. The highest BCUT2D eigenvalue weighted by Gasteiger charge is 2.46. The molecule has 220 valence electrons. The van der Waals surface area contributed by atoms with Crippen LogP contribution in [0.3, 0.4) is 0 Å². The predicted octanol–water partition coefficient (Wildman–Crippen LogP) is 5.12. The van der Waals surface area contributed by atoms with Gasteiger partial charge in [-0.15, -0.1) is 12.4 Å². The molecule has 1 amide bonds. The lowest BCUT2D eigenvalue weighted by molar-refractivity contribution is 0.0620. The number of likely N-dealkylation sites (tertiary alicyclic amines) is 1. The number of piperidine rings is 1. The van der Waals surface area contributed by atoms with Gasteiger partial charge in [0.25, 0.3) is 5.91 Å². The minimum absolute atomic E-state index is 0. The van der Waals surface area contributed by atoms with Crippen molar-refractivity contribution in [3.8, 4) is 11.5 Å². The van der Waals surface area contributed by atoms with E-state index < -0.39 is 5.82 Å². The Kier molecular flexibility index (Phi) is 9.90. The molecule has 1 saturated carbocycles. The molecule has 2 aromatic rings. The lowest BCUT2D eigenvalue weighted by Gasteiger charge is -2.54. The van der Waals surface area contributed by atoms with E-state index in [2.05, 4.69) is 19.8 Å². The zero-order valence-corrected chi connectivity index (χ0v) is 24.8. The first-order valence-corrected chi connectivity index (χ1v) is 14.6. The molecule has 3 aliphatic rings. The van der Waals surface area contributed by atoms with E-state index in [9.17, 15) is 9.18 Å². The number of rotatable bonds is 8. The van der Waals surface area contributed by atoms with E-state index in [0.29, 0.717) is 29.5 Å². The normalized spacial score (nSPS) is 22.5. The van der Waals surface area contributed by atoms with E-state index in [4.69, 9.17) is 10.5 Å². The number of halogens is 2. The van der Waals surface area contributed by atoms with Crippen LogP contribution in [-0.2, 0) is 0 Å². The standard InChI is InChI=1S/C30H43FN6O2.ClH/c1-4-37(21(2)3)29(38)25-15-23(31)7-10-26(25)39-27-16-33-20-34-28(27)36-18-30(19-36)11-13-35(14-12-30)17-22-5-8-24(32)9-6-22;/h7,10,15-16,20-22,24H,4-6,8-9,11-14,17-19,32H2,1-3H3;1H/t22-,24-;. The molecular formula is C30H44ClFN6O2. The molecular weight excluding hydrogens is 531 g/mol. The van der Waals surface area contributed by atoms with Gasteiger partial charge in [-0.3, -0.25) is 4.79 Å². The summed E-state index contributed by atoms with van der Waals surface area (Å²) in [5, 5.41) is 0. The number of amides is 1. The van der Waals surface area contributed by atoms with Crippen LogP contribution in [0.15, 0.2) is 30.7 Å². The summed E-state index contributed by atoms with van der Waals surface area (Å²) in [5.74, 6) is 1.57. The van der Waals surface area contributed by atoms with Crippen LogP contribution in [0.4, 0.5) is 10.2 Å². The van der Waals surface area contributed by atoms with Crippen LogP contribution >= 0.6 is 12.4 Å². The second kappa shape index (κ2) is 13.0. The molecule has 1 aliphatic carbocycles. The Morgan fingerprint density at radius 1 is 1.18 bits per heavy atom. The number of hydrogen-bond donors (Lipinski definition) is 1. The average molecular weight is 575 g/mol. The van der Waals surface area contributed by atoms with Crippen molar-refractivity contribution in [3.63, 3.8) is 0 Å². The number of carbonyl (C=O) groups is 1. The lowest BCUT2D eigenvalue weighted by Crippen LogP contribution is -2.61. The zero-order valence-electron chi connectivity index (χ0n) is 24.0. The third-order valence-electron chi connectivity index (χ3n) is 8.95. The molecule has 1 spiro atoms. The van der Waals surface area contributed by atoms with Crippen molar-refractivity contribution >= 4 is 24.1 Å². The van der Waals surface area contributed by atoms with Crippen LogP contribution in [0.25, 0.3) is 0 Å². The number of aromatic nitrogens is 2. The minimum atomic E-state index is -0.474. The summed E-state index contributed by atoms with van der Waals surface area (Å²) in [6.07, 6.45) is 10.4. The van der Waals surface area contributed by atoms with Gasteiger partial charge in [0.05, 0.1) is 11.8 Å². The van der Waals surface area contributed by atoms with Gasteiger partial charge in [0.1, 0.15) is 17.9 Å². The molecule has 8 nitrogen and oxygen atoms in total. The Morgan fingerprint density at radius 2 is 1.88 bits per heavy atom. The summed E-state index contributed by atoms with van der Waals surface area (Å²) in [6.45, 7) is 11.7. The van der Waals surface area contributed by atoms with Crippen molar-refractivity contribution in [3.05, 3.63) is 42.1 Å². The summed E-state index contributed by atoms with van der Waals surface area (Å²) < 4.78 is 20.4. The predicted molar refractivity (Wildman–Crippen MR) is 158 cm³/mol. The summed E-state index contributed by atoms with van der Waals surface area (Å²) in [4.78, 5) is 28.6. The second-order valence-electron chi connectivity index (χ2n) is 12.1. The molecule has 0 bridgehead atoms. The molecule has 0 unspecified atom stereocenters. The first-order chi connectivity index (χ1) is 18.8. The molecule has 40 heavy (non-hydrogen) atoms. The Labute approximate surface area is 243 Å². The molecule has 0 radical (unpaired) electrons. The van der Waals surface area contributed by atoms with Gasteiger partial charge in [0, 0.05) is 43.7 Å². The van der Waals surface area contributed by atoms with Crippen LogP contribution < -0.4 is 15.4 Å². The van der Waals surface area contributed by atoms with E-state index in [1.807, 2.05) is 20.8 Å². The Morgan fingerprint density at radius 3 is 2.52 bits per heavy atom. The molecule has 3 fully saturated rings. The van der Waals surface area contributed by atoms with E-state index in [-0.39, 0.29) is 29.9 Å². The number of carbonyl (C=O) groups excluding carboxylic acids is 1. The first-order valence-electron chi connectivity index (χ1n) is 14.6. The lowest BCUT2D eigenvalue weighted by atomic mass is 9.71. The Balaban J connectivity index is 0.00000370. The van der Waals surface area contributed by atoms with E-state index >= 15 is 0 Å². The van der Waals surface area contributed by atoms with Crippen LogP contribution in [0.5, 0.6) is 11.5 Å². The fourth-order valence-electron chi connectivity index (χ4n) is 6.57. The molecule has 5 rings (SSSR count). The van der Waals surface area contributed by atoms with Crippen molar-refractivity contribution in [2.45, 2.75) is 71.4 Å². The van der Waals surface area contributed by atoms with Crippen LogP contribution in [0.2, 0.25) is 0 Å². The third-order valence-corrected chi connectivity index (χ3v) is 8.95. The van der Waals surface area contributed by atoms with Gasteiger partial charge in [0.2, 0.25) is 0 Å². The van der Waals surface area contributed by atoms with E-state index in [1.54, 1.807) is 11.1 Å². The number of ether oxygens (including phenoxy) is 1. The quantitative estimate of drug-likeness (QED) is 0.468. The SMILES string of the molecule is CCN(C(=O)c1cc(F)ccc1Oc1cncnc1N1CC2(CCN(C[C@H]3CC[C@H](N)CC3)CC2)C1)C(C)C.Cl. The van der Waals surface area contributed by atoms with Gasteiger partial charge in [0.15, 0.2) is 11.6 Å². The fraction of sp³-hybridized carbons (Fsp3) is 0.633. The van der Waals surface area contributed by atoms with E-state index in [0.717, 1.165) is 37.9 Å². The van der Waals surface area contributed by atoms with Crippen LogP contribution in [0, 0.1) is 17.2 Å². The van der Waals surface area contributed by atoms with Crippen molar-refractivity contribution in [2.24, 2.45) is 17.1 Å². The third kappa shape index (κ3) is 6.69. The monoisotopic (exact) mass is 574 g/mol. The van der Waals surface area contributed by atoms with Gasteiger partial charge in [-0.25, -0.2) is 14.4 Å². The second-order valence-corrected chi connectivity index (χ2v) is 12.1. The van der Waals surface area contributed by atoms with Crippen molar-refractivity contribution < 1.29 is 13.9 Å². The molecule has 1 aromatic carbocycles. The number of benzene rings is 1. The maximum atomic E-state index is 14.2. The maximum Gasteiger partial charge on any atom is 0.257 e. The first kappa shape index (κ1) is 30.5. The summed E-state index contributed by atoms with van der Waals surface area (Å²) in [6, 6.07) is 4.47. The van der Waals surface area contributed by atoms with E-state index in [1.165, 1.54) is 69.6 Å². The molecule has 3 heterocycles. The topological polar surface area (TPSA) is 87.8 Å². The largest absolute Gasteiger partial charge is 0.451 e. The number of hydrogen-bond acceptors (Lipinski definition) is 7. The highest BCUT2D eigenvalue weighted by molar-refractivity contribution is 5.97. The van der Waals surface area contributed by atoms with Gasteiger partial charge >= 0.3 is 0 Å². The number of nitrogens with zero attached hydrogens (tertiary/aromatic N) is 5. The summed E-state index contributed by atoms with van der Waals surface area (Å²) in [5.41, 5.74) is 6.60. The Hall–Kier alpha value is -2.49. The highest BCUT2D eigenvalue weighted by atomic mass is 35.5. The van der Waals surface area contributed by atoms with Crippen LogP contribution in [-0.4, -0.2) is 77.0 Å². The summed E-state index contributed by atoms with van der Waals surface area (Å²) in [7, 11) is 0. The van der Waals surface area contributed by atoms with Gasteiger partial charge < -0.3 is 25.2 Å². The minimum Gasteiger partial charge on any atom is -0.451 e. The number of anilines is 1. The molecule has 0 atom stereocenters. The van der Waals surface area contributed by atoms with Crippen molar-refractivity contribution in [1.82, 2.24) is 19.8 Å². The number of nitrogens with two attached hydrogens (primary N) is 1. The highest BCUT2D eigenvalue weighted by Crippen LogP contribution is 2.45. The molecule has 1 aromatic heterocycles. The van der Waals surface area contributed by atoms with Gasteiger partial charge in [-0.05, 0) is 96.5 Å². The molecule has 2 aliphatic heterocycles. The van der Waals surface area contributed by atoms with Crippen LogP contribution in [0.1, 0.15) is 69.7 Å². The van der Waals surface area contributed by atoms with Gasteiger partial charge in [-0.2, -0.15) is 0 Å². The molecule has 10 heteroatoms.